The van der Waals surface area contributed by atoms with Gasteiger partial charge in [-0.05, 0) is 31.6 Å². The number of Topliss-reactive ketones (excluding diaryl/α,β-unsaturated/α-hetero) is 2. The van der Waals surface area contributed by atoms with Gasteiger partial charge in [-0.25, -0.2) is 0 Å². The Labute approximate surface area is 131 Å². The van der Waals surface area contributed by atoms with E-state index in [2.05, 4.69) is 12.1 Å². The molecular formula is C16H25NO3S. The Hall–Kier alpha value is -0.840. The van der Waals surface area contributed by atoms with Crippen LogP contribution in [-0.4, -0.2) is 34.9 Å². The molecule has 0 aromatic heterocycles. The second-order valence-corrected chi connectivity index (χ2v) is 7.41. The van der Waals surface area contributed by atoms with E-state index in [1.165, 1.54) is 0 Å². The monoisotopic (exact) mass is 311 g/mol. The fraction of sp³-hybridized carbons (Fsp3) is 0.812. The van der Waals surface area contributed by atoms with Crippen molar-refractivity contribution in [2.75, 3.05) is 12.4 Å². The lowest BCUT2D eigenvalue weighted by Crippen LogP contribution is -2.44. The van der Waals surface area contributed by atoms with E-state index in [0.717, 1.165) is 18.6 Å². The molecule has 1 aliphatic heterocycles. The van der Waals surface area contributed by atoms with Gasteiger partial charge >= 0.3 is 0 Å². The molecule has 0 radical (unpaired) electrons. The van der Waals surface area contributed by atoms with E-state index < -0.39 is 5.92 Å². The Morgan fingerprint density at radius 2 is 1.95 bits per heavy atom. The lowest BCUT2D eigenvalue weighted by atomic mass is 9.67. The Balaban J connectivity index is 2.13. The quantitative estimate of drug-likeness (QED) is 0.444. The summed E-state index contributed by atoms with van der Waals surface area (Å²) in [6.45, 7) is 6.39. The molecular weight excluding hydrogens is 286 g/mol. The van der Waals surface area contributed by atoms with Crippen molar-refractivity contribution in [2.24, 2.45) is 16.5 Å². The molecule has 1 aliphatic carbocycles. The van der Waals surface area contributed by atoms with Gasteiger partial charge in [-0.15, -0.1) is 0 Å². The molecule has 0 aromatic carbocycles. The molecule has 1 saturated carbocycles. The lowest BCUT2D eigenvalue weighted by molar-refractivity contribution is -0.136. The van der Waals surface area contributed by atoms with E-state index >= 15 is 0 Å². The lowest BCUT2D eigenvalue weighted by Gasteiger charge is -2.35. The molecule has 1 unspecified atom stereocenters. The molecule has 1 spiro atoms. The van der Waals surface area contributed by atoms with Gasteiger partial charge in [0.25, 0.3) is 0 Å². The van der Waals surface area contributed by atoms with Gasteiger partial charge in [-0.3, -0.25) is 9.59 Å². The first-order chi connectivity index (χ1) is 10.0. The zero-order chi connectivity index (χ0) is 15.5. The van der Waals surface area contributed by atoms with Crippen LogP contribution in [0.5, 0.6) is 0 Å². The third kappa shape index (κ3) is 3.50. The summed E-state index contributed by atoms with van der Waals surface area (Å²) >= 11 is 1.92. The van der Waals surface area contributed by atoms with Crippen LogP contribution in [0, 0.1) is 11.3 Å². The first-order valence-corrected chi connectivity index (χ1v) is 8.95. The number of hydrogen-bond donors (Lipinski definition) is 0. The number of nitrogens with zero attached hydrogens (tertiary/aromatic N) is 1. The van der Waals surface area contributed by atoms with Crippen LogP contribution in [0.1, 0.15) is 52.9 Å². The van der Waals surface area contributed by atoms with Crippen LogP contribution in [0.15, 0.2) is 5.16 Å². The standard InChI is InChI=1S/C16H25NO3S/c1-4-11-7-16(10-21-11)8-13(18)15(14(19)9-16)12(5-2)17-20-6-3/h11,15H,4-10H2,1-3H3. The molecule has 2 aliphatic rings. The molecule has 4 nitrogen and oxygen atoms in total. The normalized spacial score (nSPS) is 33.8. The van der Waals surface area contributed by atoms with E-state index in [-0.39, 0.29) is 17.0 Å². The summed E-state index contributed by atoms with van der Waals surface area (Å²) in [5, 5.41) is 4.60. The van der Waals surface area contributed by atoms with Gasteiger partial charge in [0.1, 0.15) is 24.1 Å². The molecule has 0 N–H and O–H groups in total. The summed E-state index contributed by atoms with van der Waals surface area (Å²) in [4.78, 5) is 30.2. The van der Waals surface area contributed by atoms with E-state index in [0.29, 0.717) is 36.8 Å². The summed E-state index contributed by atoms with van der Waals surface area (Å²) in [5.41, 5.74) is 0.514. The van der Waals surface area contributed by atoms with E-state index in [9.17, 15) is 9.59 Å². The van der Waals surface area contributed by atoms with Crippen molar-refractivity contribution in [3.63, 3.8) is 0 Å². The van der Waals surface area contributed by atoms with Crippen molar-refractivity contribution in [1.82, 2.24) is 0 Å². The number of oxime groups is 1. The molecule has 1 saturated heterocycles. The van der Waals surface area contributed by atoms with Crippen LogP contribution in [0.4, 0.5) is 0 Å². The average Bonchev–Trinajstić information content (AvgIpc) is 2.84. The number of carbonyl (C=O) groups is 2. The van der Waals surface area contributed by atoms with Gasteiger partial charge in [-0.1, -0.05) is 19.0 Å². The molecule has 0 bridgehead atoms. The summed E-state index contributed by atoms with van der Waals surface area (Å²) in [5.74, 6) is 0.380. The van der Waals surface area contributed by atoms with E-state index in [4.69, 9.17) is 4.84 Å². The Morgan fingerprint density at radius 3 is 2.43 bits per heavy atom. The van der Waals surface area contributed by atoms with Crippen LogP contribution in [0.3, 0.4) is 0 Å². The Bertz CT molecular complexity index is 429. The third-order valence-electron chi connectivity index (χ3n) is 4.49. The molecule has 1 heterocycles. The maximum Gasteiger partial charge on any atom is 0.149 e. The minimum Gasteiger partial charge on any atom is -0.396 e. The largest absolute Gasteiger partial charge is 0.396 e. The number of rotatable bonds is 5. The minimum atomic E-state index is -0.655. The van der Waals surface area contributed by atoms with E-state index in [1.54, 1.807) is 0 Å². The number of hydrogen-bond acceptors (Lipinski definition) is 5. The van der Waals surface area contributed by atoms with Gasteiger partial charge in [-0.2, -0.15) is 11.8 Å². The second kappa shape index (κ2) is 6.95. The molecule has 2 rings (SSSR count). The predicted molar refractivity (Wildman–Crippen MR) is 85.7 cm³/mol. The maximum atomic E-state index is 12.6. The molecule has 118 valence electrons. The van der Waals surface area contributed by atoms with Crippen molar-refractivity contribution in [1.29, 1.82) is 0 Å². The van der Waals surface area contributed by atoms with Gasteiger partial charge in [0, 0.05) is 23.8 Å². The Morgan fingerprint density at radius 1 is 1.29 bits per heavy atom. The first kappa shape index (κ1) is 16.5. The summed E-state index contributed by atoms with van der Waals surface area (Å²) in [6.07, 6.45) is 3.75. The van der Waals surface area contributed by atoms with Crippen molar-refractivity contribution < 1.29 is 14.4 Å². The molecule has 1 atom stereocenters. The summed E-state index contributed by atoms with van der Waals surface area (Å²) < 4.78 is 0. The maximum absolute atomic E-state index is 12.6. The second-order valence-electron chi connectivity index (χ2n) is 6.12. The van der Waals surface area contributed by atoms with Gasteiger partial charge in [0.2, 0.25) is 0 Å². The average molecular weight is 311 g/mol. The summed E-state index contributed by atoms with van der Waals surface area (Å²) in [6, 6.07) is 0. The topological polar surface area (TPSA) is 55.7 Å². The molecule has 0 amide bonds. The SMILES string of the molecule is CCON=C(CC)C1C(=O)CC2(CSC(CC)C2)CC1=O. The van der Waals surface area contributed by atoms with Crippen molar-refractivity contribution in [2.45, 2.75) is 58.1 Å². The predicted octanol–water partition coefficient (Wildman–Crippen LogP) is 3.24. The van der Waals surface area contributed by atoms with Crippen molar-refractivity contribution in [3.8, 4) is 0 Å². The van der Waals surface area contributed by atoms with Crippen LogP contribution < -0.4 is 0 Å². The molecule has 2 fully saturated rings. The molecule has 21 heavy (non-hydrogen) atoms. The number of carbonyl (C=O) groups excluding carboxylic acids is 2. The van der Waals surface area contributed by atoms with Crippen LogP contribution in [-0.2, 0) is 14.4 Å². The van der Waals surface area contributed by atoms with Gasteiger partial charge in [0.05, 0.1) is 5.71 Å². The highest BCUT2D eigenvalue weighted by molar-refractivity contribution is 8.00. The Kier molecular flexibility index (Phi) is 5.47. The minimum absolute atomic E-state index is 0.0453. The zero-order valence-corrected chi connectivity index (χ0v) is 14.0. The summed E-state index contributed by atoms with van der Waals surface area (Å²) in [7, 11) is 0. The van der Waals surface area contributed by atoms with Gasteiger partial charge in [0.15, 0.2) is 0 Å². The van der Waals surface area contributed by atoms with Gasteiger partial charge < -0.3 is 4.84 Å². The molecule has 0 aromatic rings. The van der Waals surface area contributed by atoms with Crippen molar-refractivity contribution in [3.05, 3.63) is 0 Å². The third-order valence-corrected chi connectivity index (χ3v) is 6.24. The fourth-order valence-corrected chi connectivity index (χ4v) is 5.05. The first-order valence-electron chi connectivity index (χ1n) is 7.91. The highest BCUT2D eigenvalue weighted by Gasteiger charge is 2.49. The van der Waals surface area contributed by atoms with E-state index in [1.807, 2.05) is 25.6 Å². The highest BCUT2D eigenvalue weighted by Crippen LogP contribution is 2.50. The van der Waals surface area contributed by atoms with Crippen LogP contribution >= 0.6 is 11.8 Å². The smallest absolute Gasteiger partial charge is 0.149 e. The number of thioether (sulfide) groups is 1. The highest BCUT2D eigenvalue weighted by atomic mass is 32.2. The van der Waals surface area contributed by atoms with Crippen molar-refractivity contribution >= 4 is 29.0 Å². The fourth-order valence-electron chi connectivity index (χ4n) is 3.43. The van der Waals surface area contributed by atoms with Crippen LogP contribution in [0.2, 0.25) is 0 Å². The zero-order valence-electron chi connectivity index (χ0n) is 13.2. The number of ketones is 2. The van der Waals surface area contributed by atoms with Crippen LogP contribution in [0.25, 0.3) is 0 Å². The molecule has 5 heteroatoms.